The second-order valence-electron chi connectivity index (χ2n) is 5.78. The Balaban J connectivity index is 2.37. The van der Waals surface area contributed by atoms with E-state index in [4.69, 9.17) is 10.5 Å². The molecule has 0 fully saturated rings. The van der Waals surface area contributed by atoms with Crippen LogP contribution in [0.25, 0.3) is 11.1 Å². The molecule has 0 radical (unpaired) electrons. The van der Waals surface area contributed by atoms with Crippen molar-refractivity contribution in [3.8, 4) is 23.3 Å². The minimum absolute atomic E-state index is 0.0329. The predicted octanol–water partition coefficient (Wildman–Crippen LogP) is 3.21. The van der Waals surface area contributed by atoms with E-state index in [1.807, 2.05) is 6.07 Å². The minimum Gasteiger partial charge on any atom is -0.384 e. The van der Waals surface area contributed by atoms with Crippen molar-refractivity contribution in [2.75, 3.05) is 12.3 Å². The van der Waals surface area contributed by atoms with Gasteiger partial charge in [-0.25, -0.2) is 4.39 Å². The Morgan fingerprint density at radius 3 is 2.58 bits per heavy atom. The van der Waals surface area contributed by atoms with Gasteiger partial charge in [0.1, 0.15) is 34.9 Å². The molecular formula is C19H19FN4O2. The Morgan fingerprint density at radius 2 is 1.96 bits per heavy atom. The molecule has 0 aliphatic heterocycles. The molecule has 3 N–H and O–H groups in total. The van der Waals surface area contributed by atoms with Gasteiger partial charge in [0.25, 0.3) is 5.56 Å². The Hall–Kier alpha value is -3.16. The number of hydrogen-bond donors (Lipinski definition) is 2. The quantitative estimate of drug-likeness (QED) is 0.741. The number of nitrogens with one attached hydrogen (secondary N) is 1. The maximum absolute atomic E-state index is 14.4. The molecule has 0 aliphatic rings. The summed E-state index contributed by atoms with van der Waals surface area (Å²) in [6.07, 6.45) is 3.05. The highest BCUT2D eigenvalue weighted by atomic mass is 19.1. The van der Waals surface area contributed by atoms with Crippen molar-refractivity contribution in [3.05, 3.63) is 51.1 Å². The lowest BCUT2D eigenvalue weighted by molar-refractivity contribution is 0.115. The number of H-pyrrole nitrogens is 1. The highest BCUT2D eigenvalue weighted by molar-refractivity contribution is 5.80. The molecule has 2 aromatic rings. The number of rotatable bonds is 7. The maximum Gasteiger partial charge on any atom is 0.268 e. The monoisotopic (exact) mass is 354 g/mol. The first-order valence-electron chi connectivity index (χ1n) is 8.26. The van der Waals surface area contributed by atoms with Gasteiger partial charge in [-0.2, -0.15) is 10.5 Å². The van der Waals surface area contributed by atoms with Crippen LogP contribution in [0.3, 0.4) is 0 Å². The molecule has 6 nitrogen and oxygen atoms in total. The summed E-state index contributed by atoms with van der Waals surface area (Å²) in [5.74, 6) is -0.695. The molecule has 7 heteroatoms. The number of nitrogens with two attached hydrogens (primary N) is 1. The van der Waals surface area contributed by atoms with E-state index < -0.39 is 11.4 Å². The number of benzene rings is 1. The third-order valence-electron chi connectivity index (χ3n) is 3.96. The third kappa shape index (κ3) is 4.08. The van der Waals surface area contributed by atoms with E-state index in [1.165, 1.54) is 12.1 Å². The summed E-state index contributed by atoms with van der Waals surface area (Å²) in [5.41, 5.74) is 5.23. The number of nitrogens with zero attached hydrogens (tertiary/aromatic N) is 2. The van der Waals surface area contributed by atoms with E-state index in [1.54, 1.807) is 12.1 Å². The van der Waals surface area contributed by atoms with Crippen LogP contribution in [0.4, 0.5) is 10.2 Å². The molecule has 0 bridgehead atoms. The molecular weight excluding hydrogens is 335 g/mol. The largest absolute Gasteiger partial charge is 0.384 e. The minimum atomic E-state index is -0.720. The highest BCUT2D eigenvalue weighted by Gasteiger charge is 2.19. The number of halogens is 1. The highest BCUT2D eigenvalue weighted by Crippen LogP contribution is 2.29. The number of nitriles is 2. The van der Waals surface area contributed by atoms with Crippen LogP contribution in [0, 0.1) is 28.5 Å². The van der Waals surface area contributed by atoms with Gasteiger partial charge < -0.3 is 15.5 Å². The topological polar surface area (TPSA) is 116 Å². The van der Waals surface area contributed by atoms with Crippen LogP contribution in [0.15, 0.2) is 23.0 Å². The van der Waals surface area contributed by atoms with Crippen molar-refractivity contribution in [2.45, 2.75) is 32.8 Å². The molecule has 0 atom stereocenters. The van der Waals surface area contributed by atoms with Crippen LogP contribution in [0.1, 0.15) is 42.9 Å². The van der Waals surface area contributed by atoms with E-state index in [2.05, 4.69) is 11.9 Å². The van der Waals surface area contributed by atoms with E-state index in [0.717, 1.165) is 19.3 Å². The predicted molar refractivity (Wildman–Crippen MR) is 95.5 cm³/mol. The Bertz CT molecular complexity index is 938. The van der Waals surface area contributed by atoms with Crippen molar-refractivity contribution in [1.29, 1.82) is 10.5 Å². The molecule has 0 aliphatic carbocycles. The first-order chi connectivity index (χ1) is 12.5. The van der Waals surface area contributed by atoms with E-state index in [9.17, 15) is 19.7 Å². The summed E-state index contributed by atoms with van der Waals surface area (Å²) in [4.78, 5) is 14.2. The summed E-state index contributed by atoms with van der Waals surface area (Å²) in [7, 11) is 0. The van der Waals surface area contributed by atoms with Crippen LogP contribution < -0.4 is 11.3 Å². The first kappa shape index (κ1) is 19.2. The number of pyridine rings is 1. The summed E-state index contributed by atoms with van der Waals surface area (Å²) in [6, 6.07) is 7.86. The van der Waals surface area contributed by atoms with Gasteiger partial charge in [0.15, 0.2) is 0 Å². The van der Waals surface area contributed by atoms with Crippen molar-refractivity contribution in [3.63, 3.8) is 0 Å². The molecule has 2 rings (SSSR count). The molecule has 26 heavy (non-hydrogen) atoms. The number of hydrogen-bond acceptors (Lipinski definition) is 5. The fourth-order valence-electron chi connectivity index (χ4n) is 2.59. The molecule has 1 aromatic carbocycles. The zero-order valence-electron chi connectivity index (χ0n) is 14.4. The van der Waals surface area contributed by atoms with Gasteiger partial charge in [-0.1, -0.05) is 31.9 Å². The number of anilines is 1. The number of aromatic amines is 1. The summed E-state index contributed by atoms with van der Waals surface area (Å²) in [5, 5.41) is 18.6. The number of nitrogen functional groups attached to an aromatic ring is 1. The van der Waals surface area contributed by atoms with Gasteiger partial charge in [0.05, 0.1) is 6.61 Å². The van der Waals surface area contributed by atoms with Gasteiger partial charge in [-0.3, -0.25) is 4.79 Å². The lowest BCUT2D eigenvalue weighted by atomic mass is 9.95. The Kier molecular flexibility index (Phi) is 6.48. The van der Waals surface area contributed by atoms with Crippen molar-refractivity contribution >= 4 is 5.82 Å². The van der Waals surface area contributed by atoms with Crippen molar-refractivity contribution < 1.29 is 9.13 Å². The third-order valence-corrected chi connectivity index (χ3v) is 3.96. The maximum atomic E-state index is 14.4. The molecule has 0 saturated carbocycles. The standard InChI is InChI=1S/C19H19FN4O2/c1-2-3-4-7-26-11-13-6-5-12(8-16(13)20)17-14(9-21)18(23)24-19(25)15(17)10-22/h5-6,8H,2-4,7,11H2,1H3,(H3,23,24,25). The van der Waals surface area contributed by atoms with E-state index in [-0.39, 0.29) is 34.7 Å². The first-order valence-corrected chi connectivity index (χ1v) is 8.26. The average molecular weight is 354 g/mol. The molecule has 0 saturated heterocycles. The van der Waals surface area contributed by atoms with Crippen molar-refractivity contribution in [2.24, 2.45) is 0 Å². The number of ether oxygens (including phenoxy) is 1. The SMILES string of the molecule is CCCCCOCc1ccc(-c2c(C#N)c(N)[nH]c(=O)c2C#N)cc1F. The van der Waals surface area contributed by atoms with Gasteiger partial charge in [0, 0.05) is 17.7 Å². The second kappa shape index (κ2) is 8.80. The fourth-order valence-corrected chi connectivity index (χ4v) is 2.59. The summed E-state index contributed by atoms with van der Waals surface area (Å²) in [6.45, 7) is 2.77. The number of unbranched alkanes of at least 4 members (excludes halogenated alkanes) is 2. The van der Waals surface area contributed by atoms with Crippen LogP contribution >= 0.6 is 0 Å². The average Bonchev–Trinajstić information content (AvgIpc) is 2.62. The van der Waals surface area contributed by atoms with E-state index >= 15 is 0 Å². The smallest absolute Gasteiger partial charge is 0.268 e. The Labute approximate surface area is 150 Å². The van der Waals surface area contributed by atoms with Gasteiger partial charge in [-0.15, -0.1) is 0 Å². The van der Waals surface area contributed by atoms with Gasteiger partial charge >= 0.3 is 0 Å². The normalized spacial score (nSPS) is 10.3. The zero-order chi connectivity index (χ0) is 19.1. The van der Waals surface area contributed by atoms with Gasteiger partial charge in [0.2, 0.25) is 0 Å². The van der Waals surface area contributed by atoms with Gasteiger partial charge in [-0.05, 0) is 18.1 Å². The zero-order valence-corrected chi connectivity index (χ0v) is 14.4. The second-order valence-corrected chi connectivity index (χ2v) is 5.78. The molecule has 0 unspecified atom stereocenters. The van der Waals surface area contributed by atoms with Crippen LogP contribution in [-0.2, 0) is 11.3 Å². The molecule has 0 amide bonds. The lowest BCUT2D eigenvalue weighted by Crippen LogP contribution is -2.16. The summed E-state index contributed by atoms with van der Waals surface area (Å²) >= 11 is 0. The lowest BCUT2D eigenvalue weighted by Gasteiger charge is -2.11. The van der Waals surface area contributed by atoms with Crippen LogP contribution in [0.2, 0.25) is 0 Å². The summed E-state index contributed by atoms with van der Waals surface area (Å²) < 4.78 is 19.9. The molecule has 1 heterocycles. The van der Waals surface area contributed by atoms with Crippen LogP contribution in [0.5, 0.6) is 0 Å². The molecule has 134 valence electrons. The molecule has 0 spiro atoms. The molecule has 1 aromatic heterocycles. The fraction of sp³-hybridized carbons (Fsp3) is 0.316. The Morgan fingerprint density at radius 1 is 1.23 bits per heavy atom. The van der Waals surface area contributed by atoms with Crippen LogP contribution in [-0.4, -0.2) is 11.6 Å². The number of aromatic nitrogens is 1. The van der Waals surface area contributed by atoms with E-state index in [0.29, 0.717) is 12.2 Å². The van der Waals surface area contributed by atoms with Crippen molar-refractivity contribution in [1.82, 2.24) is 4.98 Å².